The van der Waals surface area contributed by atoms with Crippen LogP contribution < -0.4 is 9.47 Å². The molecule has 2 aliphatic rings. The highest BCUT2D eigenvalue weighted by molar-refractivity contribution is 5.51. The van der Waals surface area contributed by atoms with Crippen LogP contribution in [0.5, 0.6) is 11.5 Å². The molecule has 0 bridgehead atoms. The minimum atomic E-state index is -0.342. The van der Waals surface area contributed by atoms with Crippen molar-refractivity contribution in [3.8, 4) is 11.5 Å². The third kappa shape index (κ3) is 1.30. The van der Waals surface area contributed by atoms with Crippen LogP contribution >= 0.6 is 0 Å². The highest BCUT2D eigenvalue weighted by atomic mass is 16.6. The van der Waals surface area contributed by atoms with Crippen LogP contribution in [-0.2, 0) is 0 Å². The Bertz CT molecular complexity index is 363. The van der Waals surface area contributed by atoms with Gasteiger partial charge < -0.3 is 14.6 Å². The summed E-state index contributed by atoms with van der Waals surface area (Å²) in [4.78, 5) is 0. The molecule has 0 amide bonds. The summed E-state index contributed by atoms with van der Waals surface area (Å²) in [5.41, 5.74) is 2.21. The van der Waals surface area contributed by atoms with Crippen LogP contribution in [0.2, 0.25) is 0 Å². The molecule has 2 atom stereocenters. The third-order valence-corrected chi connectivity index (χ3v) is 3.21. The van der Waals surface area contributed by atoms with E-state index in [4.69, 9.17) is 9.47 Å². The first-order chi connectivity index (χ1) is 7.25. The maximum Gasteiger partial charge on any atom is 0.161 e. The zero-order valence-corrected chi connectivity index (χ0v) is 8.69. The normalized spacial score (nSPS) is 27.6. The Hall–Kier alpha value is -1.22. The number of rotatable bonds is 0. The van der Waals surface area contributed by atoms with Crippen LogP contribution in [0.25, 0.3) is 0 Å². The molecule has 80 valence electrons. The van der Waals surface area contributed by atoms with Crippen LogP contribution in [0.1, 0.15) is 36.5 Å². The first-order valence-electron chi connectivity index (χ1n) is 5.37. The highest BCUT2D eigenvalue weighted by Gasteiger charge is 2.29. The van der Waals surface area contributed by atoms with Crippen molar-refractivity contribution in [1.29, 1.82) is 0 Å². The molecule has 15 heavy (non-hydrogen) atoms. The minimum Gasteiger partial charge on any atom is -0.486 e. The first kappa shape index (κ1) is 9.04. The lowest BCUT2D eigenvalue weighted by atomic mass is 10.0. The van der Waals surface area contributed by atoms with Gasteiger partial charge in [0.05, 0.1) is 6.10 Å². The maximum absolute atomic E-state index is 9.86. The average molecular weight is 206 g/mol. The quantitative estimate of drug-likeness (QED) is 0.705. The van der Waals surface area contributed by atoms with Crippen molar-refractivity contribution < 1.29 is 14.6 Å². The van der Waals surface area contributed by atoms with E-state index >= 15 is 0 Å². The van der Waals surface area contributed by atoms with Crippen LogP contribution in [0.3, 0.4) is 0 Å². The molecule has 0 saturated heterocycles. The molecule has 3 nitrogen and oxygen atoms in total. The van der Waals surface area contributed by atoms with Crippen LogP contribution in [0.4, 0.5) is 0 Å². The van der Waals surface area contributed by atoms with E-state index in [0.717, 1.165) is 23.5 Å². The van der Waals surface area contributed by atoms with Crippen LogP contribution in [0, 0.1) is 0 Å². The summed E-state index contributed by atoms with van der Waals surface area (Å²) in [6.45, 7) is 3.34. The fourth-order valence-corrected chi connectivity index (χ4v) is 2.42. The Morgan fingerprint density at radius 1 is 1.13 bits per heavy atom. The van der Waals surface area contributed by atoms with Gasteiger partial charge in [0.2, 0.25) is 0 Å². The molecule has 1 heterocycles. The van der Waals surface area contributed by atoms with Gasteiger partial charge in [-0.1, -0.05) is 6.92 Å². The molecule has 0 saturated carbocycles. The summed E-state index contributed by atoms with van der Waals surface area (Å²) in [5, 5.41) is 9.86. The molecule has 0 radical (unpaired) electrons. The number of ether oxygens (including phenoxy) is 2. The molecule has 0 aromatic heterocycles. The van der Waals surface area contributed by atoms with Gasteiger partial charge in [-0.3, -0.25) is 0 Å². The molecular formula is C12H14O3. The Morgan fingerprint density at radius 3 is 2.40 bits per heavy atom. The second-order valence-electron chi connectivity index (χ2n) is 4.28. The van der Waals surface area contributed by atoms with Gasteiger partial charge in [-0.25, -0.2) is 0 Å². The van der Waals surface area contributed by atoms with Crippen LogP contribution in [0.15, 0.2) is 12.1 Å². The Balaban J connectivity index is 2.12. The summed E-state index contributed by atoms with van der Waals surface area (Å²) in [6.07, 6.45) is 0.462. The van der Waals surface area contributed by atoms with Gasteiger partial charge >= 0.3 is 0 Å². The summed E-state index contributed by atoms with van der Waals surface area (Å²) in [7, 11) is 0. The number of aliphatic hydroxyl groups excluding tert-OH is 1. The van der Waals surface area contributed by atoms with Gasteiger partial charge in [-0.15, -0.1) is 0 Å². The fourth-order valence-electron chi connectivity index (χ4n) is 2.42. The molecule has 0 spiro atoms. The molecule has 0 fully saturated rings. The number of fused-ring (bicyclic) bond motifs is 2. The predicted octanol–water partition coefficient (Wildman–Crippen LogP) is 2.00. The zero-order valence-electron chi connectivity index (χ0n) is 8.69. The highest BCUT2D eigenvalue weighted by Crippen LogP contribution is 2.45. The van der Waals surface area contributed by atoms with Gasteiger partial charge in [0.1, 0.15) is 13.2 Å². The monoisotopic (exact) mass is 206 g/mol. The van der Waals surface area contributed by atoms with Crippen molar-refractivity contribution in [3.05, 3.63) is 23.3 Å². The van der Waals surface area contributed by atoms with E-state index in [1.54, 1.807) is 0 Å². The van der Waals surface area contributed by atoms with Gasteiger partial charge in [-0.2, -0.15) is 0 Å². The number of hydrogen-bond donors (Lipinski definition) is 1. The molecule has 3 rings (SSSR count). The Labute approximate surface area is 88.6 Å². The lowest BCUT2D eigenvalue weighted by molar-refractivity contribution is 0.165. The molecule has 2 unspecified atom stereocenters. The molecule has 1 aromatic carbocycles. The van der Waals surface area contributed by atoms with Crippen LogP contribution in [-0.4, -0.2) is 18.3 Å². The summed E-state index contributed by atoms with van der Waals surface area (Å²) >= 11 is 0. The maximum atomic E-state index is 9.86. The van der Waals surface area contributed by atoms with E-state index < -0.39 is 0 Å². The molecular weight excluding hydrogens is 192 g/mol. The molecule has 1 aromatic rings. The first-order valence-corrected chi connectivity index (χ1v) is 5.37. The largest absolute Gasteiger partial charge is 0.486 e. The lowest BCUT2D eigenvalue weighted by Gasteiger charge is -2.20. The molecule has 1 aliphatic heterocycles. The topological polar surface area (TPSA) is 38.7 Å². The summed E-state index contributed by atoms with van der Waals surface area (Å²) in [6, 6.07) is 3.95. The second-order valence-corrected chi connectivity index (χ2v) is 4.28. The van der Waals surface area contributed by atoms with Crippen molar-refractivity contribution >= 4 is 0 Å². The average Bonchev–Trinajstić information content (AvgIpc) is 2.52. The van der Waals surface area contributed by atoms with E-state index in [9.17, 15) is 5.11 Å². The van der Waals surface area contributed by atoms with Crippen molar-refractivity contribution in [2.45, 2.75) is 25.4 Å². The lowest BCUT2D eigenvalue weighted by Crippen LogP contribution is -2.15. The predicted molar refractivity (Wildman–Crippen MR) is 55.4 cm³/mol. The van der Waals surface area contributed by atoms with Crippen molar-refractivity contribution in [3.63, 3.8) is 0 Å². The van der Waals surface area contributed by atoms with Crippen molar-refractivity contribution in [2.24, 2.45) is 0 Å². The standard InChI is InChI=1S/C12H14O3/c1-7-4-10(13)9-6-12-11(5-8(7)9)14-2-3-15-12/h5-7,10,13H,2-4H2,1H3. The summed E-state index contributed by atoms with van der Waals surface area (Å²) in [5.74, 6) is 2.00. The smallest absolute Gasteiger partial charge is 0.161 e. The van der Waals surface area contributed by atoms with Crippen molar-refractivity contribution in [1.82, 2.24) is 0 Å². The zero-order chi connectivity index (χ0) is 10.4. The Kier molecular flexibility index (Phi) is 1.89. The van der Waals surface area contributed by atoms with Gasteiger partial charge in [0.25, 0.3) is 0 Å². The fraction of sp³-hybridized carbons (Fsp3) is 0.500. The molecule has 1 aliphatic carbocycles. The van der Waals surface area contributed by atoms with E-state index in [1.807, 2.05) is 12.1 Å². The van der Waals surface area contributed by atoms with Gasteiger partial charge in [0, 0.05) is 0 Å². The molecule has 1 N–H and O–H groups in total. The van der Waals surface area contributed by atoms with Gasteiger partial charge in [0.15, 0.2) is 11.5 Å². The van der Waals surface area contributed by atoms with E-state index in [0.29, 0.717) is 19.1 Å². The number of benzene rings is 1. The summed E-state index contributed by atoms with van der Waals surface area (Å²) < 4.78 is 11.0. The minimum absolute atomic E-state index is 0.342. The molecule has 3 heteroatoms. The van der Waals surface area contributed by atoms with E-state index in [1.165, 1.54) is 5.56 Å². The number of aliphatic hydroxyl groups is 1. The van der Waals surface area contributed by atoms with E-state index in [2.05, 4.69) is 6.92 Å². The second kappa shape index (κ2) is 3.14. The van der Waals surface area contributed by atoms with Gasteiger partial charge in [-0.05, 0) is 35.6 Å². The Morgan fingerprint density at radius 2 is 1.73 bits per heavy atom. The SMILES string of the molecule is CC1CC(O)c2cc3c(cc21)OCCO3. The van der Waals surface area contributed by atoms with E-state index in [-0.39, 0.29) is 6.10 Å². The number of hydrogen-bond acceptors (Lipinski definition) is 3. The van der Waals surface area contributed by atoms with Crippen molar-refractivity contribution in [2.75, 3.05) is 13.2 Å². The third-order valence-electron chi connectivity index (χ3n) is 3.21.